The van der Waals surface area contributed by atoms with Crippen molar-refractivity contribution in [2.75, 3.05) is 14.2 Å². The SMILES string of the molecule is CCc1nnc(C)cc1C(Cc1ccccc1OC)NC. The number of nitrogens with one attached hydrogen (secondary N) is 1. The third kappa shape index (κ3) is 3.58. The van der Waals surface area contributed by atoms with Gasteiger partial charge in [-0.1, -0.05) is 25.1 Å². The van der Waals surface area contributed by atoms with Gasteiger partial charge in [0.1, 0.15) is 5.75 Å². The first kappa shape index (κ1) is 15.4. The number of nitrogens with zero attached hydrogens (tertiary/aromatic N) is 2. The van der Waals surface area contributed by atoms with E-state index in [1.54, 1.807) is 7.11 Å². The molecule has 0 saturated heterocycles. The summed E-state index contributed by atoms with van der Waals surface area (Å²) in [6, 6.07) is 10.5. The Hall–Kier alpha value is -1.94. The molecule has 0 spiro atoms. The Morgan fingerprint density at radius 3 is 2.67 bits per heavy atom. The third-order valence-corrected chi connectivity index (χ3v) is 3.70. The van der Waals surface area contributed by atoms with Crippen LogP contribution in [0.1, 0.15) is 35.5 Å². The fourth-order valence-electron chi connectivity index (χ4n) is 2.57. The van der Waals surface area contributed by atoms with Gasteiger partial charge in [0.05, 0.1) is 18.5 Å². The first-order valence-electron chi connectivity index (χ1n) is 7.31. The molecule has 2 aromatic rings. The first-order chi connectivity index (χ1) is 10.2. The zero-order valence-corrected chi connectivity index (χ0v) is 13.2. The molecular weight excluding hydrogens is 262 g/mol. The average molecular weight is 285 g/mol. The maximum absolute atomic E-state index is 5.45. The predicted octanol–water partition coefficient (Wildman–Crippen LogP) is 2.86. The molecule has 0 aliphatic rings. The Labute approximate surface area is 126 Å². The fraction of sp³-hybridized carbons (Fsp3) is 0.412. The Balaban J connectivity index is 2.34. The fourth-order valence-corrected chi connectivity index (χ4v) is 2.57. The summed E-state index contributed by atoms with van der Waals surface area (Å²) in [7, 11) is 3.69. The van der Waals surface area contributed by atoms with E-state index < -0.39 is 0 Å². The van der Waals surface area contributed by atoms with Gasteiger partial charge in [-0.05, 0) is 50.1 Å². The van der Waals surface area contributed by atoms with Crippen molar-refractivity contribution in [2.45, 2.75) is 32.7 Å². The highest BCUT2D eigenvalue weighted by molar-refractivity contribution is 5.36. The number of hydrogen-bond acceptors (Lipinski definition) is 4. The highest BCUT2D eigenvalue weighted by Gasteiger charge is 2.17. The molecule has 0 saturated carbocycles. The van der Waals surface area contributed by atoms with Crippen LogP contribution in [0.4, 0.5) is 0 Å². The molecule has 2 rings (SSSR count). The van der Waals surface area contributed by atoms with E-state index in [0.717, 1.165) is 30.0 Å². The summed E-state index contributed by atoms with van der Waals surface area (Å²) in [6.45, 7) is 4.09. The molecule has 1 aromatic heterocycles. The minimum Gasteiger partial charge on any atom is -0.496 e. The van der Waals surface area contributed by atoms with E-state index in [2.05, 4.69) is 34.6 Å². The highest BCUT2D eigenvalue weighted by Crippen LogP contribution is 2.26. The number of aryl methyl sites for hydroxylation is 2. The van der Waals surface area contributed by atoms with Crippen LogP contribution in [0, 0.1) is 6.92 Å². The molecule has 0 aliphatic carbocycles. The molecule has 0 bridgehead atoms. The second-order valence-corrected chi connectivity index (χ2v) is 5.10. The molecule has 112 valence electrons. The lowest BCUT2D eigenvalue weighted by molar-refractivity contribution is 0.406. The number of hydrogen-bond donors (Lipinski definition) is 1. The summed E-state index contributed by atoms with van der Waals surface area (Å²) in [5.74, 6) is 0.925. The van der Waals surface area contributed by atoms with Crippen molar-refractivity contribution < 1.29 is 4.74 Å². The molecule has 4 nitrogen and oxygen atoms in total. The molecule has 1 unspecified atom stereocenters. The third-order valence-electron chi connectivity index (χ3n) is 3.70. The molecule has 4 heteroatoms. The lowest BCUT2D eigenvalue weighted by Gasteiger charge is -2.20. The van der Waals surface area contributed by atoms with Gasteiger partial charge in [0.15, 0.2) is 0 Å². The Morgan fingerprint density at radius 2 is 2.00 bits per heavy atom. The van der Waals surface area contributed by atoms with Crippen molar-refractivity contribution in [1.29, 1.82) is 0 Å². The molecule has 0 radical (unpaired) electrons. The van der Waals surface area contributed by atoms with Crippen LogP contribution in [0.25, 0.3) is 0 Å². The van der Waals surface area contributed by atoms with E-state index in [1.165, 1.54) is 11.1 Å². The van der Waals surface area contributed by atoms with Crippen molar-refractivity contribution >= 4 is 0 Å². The number of benzene rings is 1. The maximum Gasteiger partial charge on any atom is 0.122 e. The van der Waals surface area contributed by atoms with E-state index in [0.29, 0.717) is 0 Å². The first-order valence-corrected chi connectivity index (χ1v) is 7.31. The average Bonchev–Trinajstić information content (AvgIpc) is 2.53. The van der Waals surface area contributed by atoms with Crippen LogP contribution in [0.5, 0.6) is 5.75 Å². The summed E-state index contributed by atoms with van der Waals surface area (Å²) in [4.78, 5) is 0. The van der Waals surface area contributed by atoms with Crippen LogP contribution in [0.2, 0.25) is 0 Å². The van der Waals surface area contributed by atoms with Crippen LogP contribution in [-0.2, 0) is 12.8 Å². The van der Waals surface area contributed by atoms with E-state index in [1.807, 2.05) is 32.2 Å². The van der Waals surface area contributed by atoms with Crippen molar-refractivity contribution in [3.63, 3.8) is 0 Å². The molecular formula is C17H23N3O. The number of rotatable bonds is 6. The van der Waals surface area contributed by atoms with Gasteiger partial charge in [0.2, 0.25) is 0 Å². The number of ether oxygens (including phenoxy) is 1. The number of para-hydroxylation sites is 1. The molecule has 1 atom stereocenters. The molecule has 0 amide bonds. The van der Waals surface area contributed by atoms with Gasteiger partial charge >= 0.3 is 0 Å². The smallest absolute Gasteiger partial charge is 0.122 e. The quantitative estimate of drug-likeness (QED) is 0.886. The van der Waals surface area contributed by atoms with Gasteiger partial charge in [0.25, 0.3) is 0 Å². The summed E-state index contributed by atoms with van der Waals surface area (Å²) in [5.41, 5.74) is 4.41. The van der Waals surface area contributed by atoms with Crippen molar-refractivity contribution in [3.8, 4) is 5.75 Å². The van der Waals surface area contributed by atoms with E-state index in [9.17, 15) is 0 Å². The van der Waals surface area contributed by atoms with Crippen LogP contribution >= 0.6 is 0 Å². The van der Waals surface area contributed by atoms with Gasteiger partial charge in [0, 0.05) is 6.04 Å². The van der Waals surface area contributed by atoms with Gasteiger partial charge in [-0.2, -0.15) is 10.2 Å². The van der Waals surface area contributed by atoms with Crippen LogP contribution in [0.3, 0.4) is 0 Å². The van der Waals surface area contributed by atoms with Gasteiger partial charge in [-0.3, -0.25) is 0 Å². The van der Waals surface area contributed by atoms with Gasteiger partial charge in [-0.15, -0.1) is 0 Å². The van der Waals surface area contributed by atoms with Crippen molar-refractivity contribution in [3.05, 3.63) is 52.8 Å². The zero-order chi connectivity index (χ0) is 15.2. The molecule has 1 N–H and O–H groups in total. The van der Waals surface area contributed by atoms with Crippen molar-refractivity contribution in [2.24, 2.45) is 0 Å². The lowest BCUT2D eigenvalue weighted by Crippen LogP contribution is -2.21. The van der Waals surface area contributed by atoms with Crippen LogP contribution < -0.4 is 10.1 Å². The second kappa shape index (κ2) is 7.18. The molecule has 0 aliphatic heterocycles. The minimum atomic E-state index is 0.199. The second-order valence-electron chi connectivity index (χ2n) is 5.10. The Kier molecular flexibility index (Phi) is 5.28. The number of likely N-dealkylation sites (N-methyl/N-ethyl adjacent to an activating group) is 1. The Morgan fingerprint density at radius 1 is 1.24 bits per heavy atom. The molecule has 1 heterocycles. The summed E-state index contributed by atoms with van der Waals surface area (Å²) >= 11 is 0. The summed E-state index contributed by atoms with van der Waals surface area (Å²) in [6.07, 6.45) is 1.74. The predicted molar refractivity (Wildman–Crippen MR) is 84.6 cm³/mol. The molecule has 21 heavy (non-hydrogen) atoms. The topological polar surface area (TPSA) is 47.0 Å². The standard InChI is InChI=1S/C17H23N3O/c1-5-15-14(10-12(2)19-20-15)16(18-3)11-13-8-6-7-9-17(13)21-4/h6-10,16,18H,5,11H2,1-4H3. The van der Waals surface area contributed by atoms with E-state index in [-0.39, 0.29) is 6.04 Å². The zero-order valence-electron chi connectivity index (χ0n) is 13.2. The Bertz CT molecular complexity index is 598. The van der Waals surface area contributed by atoms with Crippen LogP contribution in [0.15, 0.2) is 30.3 Å². The van der Waals surface area contributed by atoms with Crippen molar-refractivity contribution in [1.82, 2.24) is 15.5 Å². The monoisotopic (exact) mass is 285 g/mol. The number of methoxy groups -OCH3 is 1. The lowest BCUT2D eigenvalue weighted by atomic mass is 9.96. The normalized spacial score (nSPS) is 12.2. The van der Waals surface area contributed by atoms with E-state index in [4.69, 9.17) is 4.74 Å². The molecule has 0 fully saturated rings. The van der Waals surface area contributed by atoms with Gasteiger partial charge < -0.3 is 10.1 Å². The van der Waals surface area contributed by atoms with Gasteiger partial charge in [-0.25, -0.2) is 0 Å². The summed E-state index contributed by atoms with van der Waals surface area (Å²) in [5, 5.41) is 11.9. The maximum atomic E-state index is 5.45. The minimum absolute atomic E-state index is 0.199. The largest absolute Gasteiger partial charge is 0.496 e. The molecule has 1 aromatic carbocycles. The summed E-state index contributed by atoms with van der Waals surface area (Å²) < 4.78 is 5.45. The number of aromatic nitrogens is 2. The highest BCUT2D eigenvalue weighted by atomic mass is 16.5. The van der Waals surface area contributed by atoms with Crippen LogP contribution in [-0.4, -0.2) is 24.4 Å². The van der Waals surface area contributed by atoms with E-state index >= 15 is 0 Å².